The van der Waals surface area contributed by atoms with E-state index in [1.165, 1.54) is 25.7 Å². The Bertz CT molecular complexity index is 284. The lowest BCUT2D eigenvalue weighted by Crippen LogP contribution is -2.50. The Morgan fingerprint density at radius 3 is 2.83 bits per heavy atom. The number of hydrogen-bond acceptors (Lipinski definition) is 3. The summed E-state index contributed by atoms with van der Waals surface area (Å²) in [5.41, 5.74) is 0. The van der Waals surface area contributed by atoms with Crippen LogP contribution in [0.2, 0.25) is 0 Å². The van der Waals surface area contributed by atoms with Gasteiger partial charge in [0.05, 0.1) is 4.75 Å². The molecule has 1 amide bonds. The summed E-state index contributed by atoms with van der Waals surface area (Å²) in [7, 11) is 0. The summed E-state index contributed by atoms with van der Waals surface area (Å²) >= 11 is 1.85. The zero-order valence-electron chi connectivity index (χ0n) is 11.7. The van der Waals surface area contributed by atoms with Crippen LogP contribution in [0, 0.1) is 0 Å². The van der Waals surface area contributed by atoms with Crippen molar-refractivity contribution in [2.24, 2.45) is 0 Å². The van der Waals surface area contributed by atoms with Gasteiger partial charge >= 0.3 is 0 Å². The van der Waals surface area contributed by atoms with Crippen LogP contribution in [0.4, 0.5) is 0 Å². The molecule has 104 valence electrons. The first-order valence-electron chi connectivity index (χ1n) is 7.32. The van der Waals surface area contributed by atoms with Gasteiger partial charge in [-0.25, -0.2) is 0 Å². The molecule has 4 heteroatoms. The van der Waals surface area contributed by atoms with Crippen molar-refractivity contribution in [2.75, 3.05) is 25.4 Å². The Labute approximate surface area is 115 Å². The van der Waals surface area contributed by atoms with Gasteiger partial charge in [-0.15, -0.1) is 11.8 Å². The largest absolute Gasteiger partial charge is 0.340 e. The summed E-state index contributed by atoms with van der Waals surface area (Å²) < 4.78 is -0.148. The molecule has 2 rings (SSSR count). The van der Waals surface area contributed by atoms with E-state index in [0.29, 0.717) is 11.9 Å². The number of piperidine rings is 1. The summed E-state index contributed by atoms with van der Waals surface area (Å²) in [5, 5.41) is 3.54. The molecule has 0 aliphatic carbocycles. The van der Waals surface area contributed by atoms with E-state index < -0.39 is 0 Å². The van der Waals surface area contributed by atoms with Gasteiger partial charge in [0.1, 0.15) is 0 Å². The maximum atomic E-state index is 12.6. The van der Waals surface area contributed by atoms with Crippen molar-refractivity contribution >= 4 is 17.7 Å². The van der Waals surface area contributed by atoms with E-state index in [1.807, 2.05) is 11.8 Å². The van der Waals surface area contributed by atoms with Gasteiger partial charge in [-0.1, -0.05) is 6.42 Å². The van der Waals surface area contributed by atoms with E-state index in [1.54, 1.807) is 0 Å². The number of nitrogens with one attached hydrogen (secondary N) is 1. The predicted molar refractivity (Wildman–Crippen MR) is 78.0 cm³/mol. The van der Waals surface area contributed by atoms with Gasteiger partial charge in [-0.3, -0.25) is 4.79 Å². The van der Waals surface area contributed by atoms with Crippen LogP contribution >= 0.6 is 11.8 Å². The third-order valence-electron chi connectivity index (χ3n) is 4.19. The maximum absolute atomic E-state index is 12.6. The van der Waals surface area contributed by atoms with Gasteiger partial charge in [0.2, 0.25) is 5.91 Å². The molecule has 1 N–H and O–H groups in total. The van der Waals surface area contributed by atoms with Crippen LogP contribution in [0.5, 0.6) is 0 Å². The fourth-order valence-electron chi connectivity index (χ4n) is 2.98. The second kappa shape index (κ2) is 6.29. The Morgan fingerprint density at radius 1 is 1.44 bits per heavy atom. The van der Waals surface area contributed by atoms with Crippen LogP contribution in [0.1, 0.15) is 46.0 Å². The van der Waals surface area contributed by atoms with E-state index in [9.17, 15) is 4.79 Å². The van der Waals surface area contributed by atoms with Crippen LogP contribution < -0.4 is 5.32 Å². The zero-order chi connectivity index (χ0) is 13.0. The summed E-state index contributed by atoms with van der Waals surface area (Å²) in [6.45, 7) is 7.08. The number of rotatable bonds is 4. The van der Waals surface area contributed by atoms with Crippen LogP contribution in [0.3, 0.4) is 0 Å². The Kier molecular flexibility index (Phi) is 4.96. The van der Waals surface area contributed by atoms with Crippen LogP contribution in [-0.4, -0.2) is 47.0 Å². The number of hydrogen-bond donors (Lipinski definition) is 1. The fraction of sp³-hybridized carbons (Fsp3) is 0.929. The van der Waals surface area contributed by atoms with Gasteiger partial charge in [0.15, 0.2) is 0 Å². The number of carbonyl (C=O) groups is 1. The minimum absolute atomic E-state index is 0.148. The molecule has 0 aromatic carbocycles. The van der Waals surface area contributed by atoms with E-state index in [0.717, 1.165) is 31.8 Å². The third-order valence-corrected chi connectivity index (χ3v) is 5.70. The molecule has 2 fully saturated rings. The molecule has 2 heterocycles. The summed E-state index contributed by atoms with van der Waals surface area (Å²) in [4.78, 5) is 14.7. The zero-order valence-corrected chi connectivity index (χ0v) is 12.5. The van der Waals surface area contributed by atoms with Crippen molar-refractivity contribution < 1.29 is 4.79 Å². The predicted octanol–water partition coefficient (Wildman–Crippen LogP) is 2.26. The van der Waals surface area contributed by atoms with Crippen molar-refractivity contribution in [1.29, 1.82) is 0 Å². The Balaban J connectivity index is 1.92. The van der Waals surface area contributed by atoms with Crippen molar-refractivity contribution in [3.63, 3.8) is 0 Å². The fourth-order valence-corrected chi connectivity index (χ4v) is 4.26. The molecule has 0 aromatic rings. The summed E-state index contributed by atoms with van der Waals surface area (Å²) in [5.74, 6) is 1.50. The average Bonchev–Trinajstić information content (AvgIpc) is 2.84. The minimum atomic E-state index is -0.148. The highest BCUT2D eigenvalue weighted by molar-refractivity contribution is 8.01. The molecule has 2 aliphatic rings. The van der Waals surface area contributed by atoms with Crippen LogP contribution in [0.15, 0.2) is 0 Å². The molecule has 0 bridgehead atoms. The van der Waals surface area contributed by atoms with E-state index in [2.05, 4.69) is 24.1 Å². The second-order valence-corrected chi connectivity index (χ2v) is 7.27. The molecule has 18 heavy (non-hydrogen) atoms. The quantitative estimate of drug-likeness (QED) is 0.850. The normalized spacial score (nSPS) is 32.4. The molecule has 0 saturated carbocycles. The molecule has 0 aromatic heterocycles. The lowest BCUT2D eigenvalue weighted by atomic mass is 10.0. The lowest BCUT2D eigenvalue weighted by Gasteiger charge is -2.34. The first-order valence-corrected chi connectivity index (χ1v) is 8.31. The first-order chi connectivity index (χ1) is 8.65. The molecule has 2 atom stereocenters. The number of carbonyl (C=O) groups excluding carboxylic acids is 1. The molecule has 0 spiro atoms. The number of thioether (sulfide) groups is 1. The van der Waals surface area contributed by atoms with Gasteiger partial charge in [-0.2, -0.15) is 0 Å². The smallest absolute Gasteiger partial charge is 0.238 e. The molecule has 2 unspecified atom stereocenters. The van der Waals surface area contributed by atoms with E-state index >= 15 is 0 Å². The monoisotopic (exact) mass is 270 g/mol. The average molecular weight is 270 g/mol. The Morgan fingerprint density at radius 2 is 2.28 bits per heavy atom. The van der Waals surface area contributed by atoms with E-state index in [-0.39, 0.29) is 4.75 Å². The molecule has 2 aliphatic heterocycles. The van der Waals surface area contributed by atoms with Crippen LogP contribution in [-0.2, 0) is 4.79 Å². The highest BCUT2D eigenvalue weighted by Crippen LogP contribution is 2.39. The van der Waals surface area contributed by atoms with Crippen molar-refractivity contribution in [3.05, 3.63) is 0 Å². The minimum Gasteiger partial charge on any atom is -0.340 e. The molecular weight excluding hydrogens is 244 g/mol. The topological polar surface area (TPSA) is 32.3 Å². The molecule has 3 nitrogen and oxygen atoms in total. The highest BCUT2D eigenvalue weighted by atomic mass is 32.2. The number of likely N-dealkylation sites (N-methyl/N-ethyl adjacent to an activating group) is 1. The van der Waals surface area contributed by atoms with Gasteiger partial charge in [-0.05, 0) is 51.8 Å². The van der Waals surface area contributed by atoms with Crippen molar-refractivity contribution in [1.82, 2.24) is 10.2 Å². The molecular formula is C14H26N2OS. The SMILES string of the molecule is CCN(CC1CCCCN1)C(=O)C1(C)CCCS1. The third kappa shape index (κ3) is 3.21. The number of nitrogens with zero attached hydrogens (tertiary/aromatic N) is 1. The van der Waals surface area contributed by atoms with Crippen LogP contribution in [0.25, 0.3) is 0 Å². The van der Waals surface area contributed by atoms with Gasteiger partial charge in [0, 0.05) is 19.1 Å². The lowest BCUT2D eigenvalue weighted by molar-refractivity contribution is -0.133. The number of amides is 1. The van der Waals surface area contributed by atoms with Crippen molar-refractivity contribution in [2.45, 2.75) is 56.7 Å². The van der Waals surface area contributed by atoms with E-state index in [4.69, 9.17) is 0 Å². The first kappa shape index (κ1) is 14.2. The van der Waals surface area contributed by atoms with Gasteiger partial charge < -0.3 is 10.2 Å². The highest BCUT2D eigenvalue weighted by Gasteiger charge is 2.40. The second-order valence-electron chi connectivity index (χ2n) is 5.67. The van der Waals surface area contributed by atoms with Gasteiger partial charge in [0.25, 0.3) is 0 Å². The Hall–Kier alpha value is -0.220. The summed E-state index contributed by atoms with van der Waals surface area (Å²) in [6.07, 6.45) is 6.03. The molecule has 2 saturated heterocycles. The summed E-state index contributed by atoms with van der Waals surface area (Å²) in [6, 6.07) is 0.512. The maximum Gasteiger partial charge on any atom is 0.238 e. The van der Waals surface area contributed by atoms with Crippen molar-refractivity contribution in [3.8, 4) is 0 Å². The standard InChI is InChI=1S/C14H26N2OS/c1-3-16(11-12-7-4-5-9-15-12)13(17)14(2)8-6-10-18-14/h12,15H,3-11H2,1-2H3. The molecule has 0 radical (unpaired) electrons.